The van der Waals surface area contributed by atoms with Crippen molar-refractivity contribution < 1.29 is 13.2 Å². The zero-order chi connectivity index (χ0) is 24.8. The Balaban J connectivity index is 1.63. The van der Waals surface area contributed by atoms with Gasteiger partial charge in [-0.25, -0.2) is 18.1 Å². The molecule has 0 saturated heterocycles. The highest BCUT2D eigenvalue weighted by Gasteiger charge is 2.14. The van der Waals surface area contributed by atoms with E-state index in [1.807, 2.05) is 66.7 Å². The number of methoxy groups -OCH3 is 1. The number of sulfonamides is 1. The summed E-state index contributed by atoms with van der Waals surface area (Å²) in [6.07, 6.45) is 0. The molecule has 3 N–H and O–H groups in total. The van der Waals surface area contributed by atoms with Crippen molar-refractivity contribution in [1.82, 2.24) is 4.72 Å². The third-order valence-electron chi connectivity index (χ3n) is 5.36. The molecule has 6 nitrogen and oxygen atoms in total. The van der Waals surface area contributed by atoms with Crippen LogP contribution in [0.2, 0.25) is 5.02 Å². The predicted octanol–water partition coefficient (Wildman–Crippen LogP) is 5.48. The van der Waals surface area contributed by atoms with Crippen molar-refractivity contribution >= 4 is 27.6 Å². The van der Waals surface area contributed by atoms with E-state index in [2.05, 4.69) is 9.71 Å². The van der Waals surface area contributed by atoms with Crippen molar-refractivity contribution in [3.8, 4) is 28.0 Å². The van der Waals surface area contributed by atoms with E-state index in [4.69, 9.17) is 22.1 Å². The number of nitrogens with two attached hydrogens (primary N) is 1. The van der Waals surface area contributed by atoms with Crippen LogP contribution in [0.15, 0.2) is 107 Å². The minimum Gasteiger partial charge on any atom is -0.497 e. The van der Waals surface area contributed by atoms with Crippen molar-refractivity contribution in [2.24, 2.45) is 10.7 Å². The van der Waals surface area contributed by atoms with Gasteiger partial charge in [-0.1, -0.05) is 66.2 Å². The molecule has 0 aliphatic rings. The van der Waals surface area contributed by atoms with E-state index >= 15 is 0 Å². The molecule has 0 atom stereocenters. The van der Waals surface area contributed by atoms with E-state index in [1.54, 1.807) is 25.3 Å². The number of hydrogen-bond donors (Lipinski definition) is 2. The molecule has 0 bridgehead atoms. The van der Waals surface area contributed by atoms with Crippen LogP contribution in [0.25, 0.3) is 22.3 Å². The lowest BCUT2D eigenvalue weighted by molar-refractivity contribution is 0.415. The second-order valence-electron chi connectivity index (χ2n) is 7.74. The Bertz CT molecular complexity index is 1440. The summed E-state index contributed by atoms with van der Waals surface area (Å²) < 4.78 is 32.6. The Kier molecular flexibility index (Phi) is 7.39. The van der Waals surface area contributed by atoms with Crippen LogP contribution in [0.4, 0.5) is 0 Å². The van der Waals surface area contributed by atoms with Gasteiger partial charge in [-0.15, -0.1) is 0 Å². The van der Waals surface area contributed by atoms with Gasteiger partial charge in [0.1, 0.15) is 5.75 Å². The number of guanidine groups is 1. The number of rotatable bonds is 7. The van der Waals surface area contributed by atoms with Crippen LogP contribution in [-0.4, -0.2) is 21.5 Å². The lowest BCUT2D eigenvalue weighted by Crippen LogP contribution is -2.36. The topological polar surface area (TPSA) is 93.8 Å². The number of benzene rings is 4. The highest BCUT2D eigenvalue weighted by molar-refractivity contribution is 7.90. The van der Waals surface area contributed by atoms with Gasteiger partial charge in [0, 0.05) is 5.02 Å². The number of aliphatic imine (C=N–C) groups is 1. The average molecular weight is 506 g/mol. The third kappa shape index (κ3) is 6.01. The van der Waals surface area contributed by atoms with Gasteiger partial charge in [-0.2, -0.15) is 0 Å². The molecule has 8 heteroatoms. The van der Waals surface area contributed by atoms with Gasteiger partial charge in [0.05, 0.1) is 18.6 Å². The molecule has 0 fully saturated rings. The van der Waals surface area contributed by atoms with Crippen molar-refractivity contribution in [2.75, 3.05) is 7.11 Å². The summed E-state index contributed by atoms with van der Waals surface area (Å²) in [7, 11) is -2.17. The molecule has 4 rings (SSSR count). The van der Waals surface area contributed by atoms with Gasteiger partial charge < -0.3 is 10.5 Å². The molecular formula is C27H24ClN3O3S. The van der Waals surface area contributed by atoms with Crippen LogP contribution in [0.1, 0.15) is 5.56 Å². The van der Waals surface area contributed by atoms with E-state index < -0.39 is 10.0 Å². The summed E-state index contributed by atoms with van der Waals surface area (Å²) in [6.45, 7) is 0.202. The van der Waals surface area contributed by atoms with E-state index in [0.717, 1.165) is 33.6 Å². The van der Waals surface area contributed by atoms with Crippen molar-refractivity contribution in [2.45, 2.75) is 11.4 Å². The normalized spacial score (nSPS) is 11.8. The summed E-state index contributed by atoms with van der Waals surface area (Å²) >= 11 is 6.08. The zero-order valence-electron chi connectivity index (χ0n) is 19.0. The van der Waals surface area contributed by atoms with Gasteiger partial charge in [0.2, 0.25) is 5.96 Å². The fourth-order valence-corrected chi connectivity index (χ4v) is 4.68. The molecule has 0 radical (unpaired) electrons. The largest absolute Gasteiger partial charge is 0.497 e. The molecule has 0 unspecified atom stereocenters. The van der Waals surface area contributed by atoms with E-state index in [-0.39, 0.29) is 17.4 Å². The average Bonchev–Trinajstić information content (AvgIpc) is 2.88. The molecule has 35 heavy (non-hydrogen) atoms. The van der Waals surface area contributed by atoms with Crippen LogP contribution in [0.3, 0.4) is 0 Å². The Hall–Kier alpha value is -3.81. The van der Waals surface area contributed by atoms with Crippen LogP contribution >= 0.6 is 11.6 Å². The first kappa shape index (κ1) is 24.3. The van der Waals surface area contributed by atoms with Crippen LogP contribution < -0.4 is 15.2 Å². The standard InChI is InChI=1S/C27H24ClN3O3S/c1-34-23-14-10-21(11-15-23)26-17-19(7-16-25(26)20-8-12-22(28)13-9-20)18-30-27(29)31-35(32,33)24-5-3-2-4-6-24/h2-17H,18H2,1H3,(H3,29,30,31). The molecule has 0 amide bonds. The summed E-state index contributed by atoms with van der Waals surface area (Å²) in [5.74, 6) is 0.586. The smallest absolute Gasteiger partial charge is 0.264 e. The maximum atomic E-state index is 12.5. The lowest BCUT2D eigenvalue weighted by atomic mass is 9.93. The highest BCUT2D eigenvalue weighted by Crippen LogP contribution is 2.34. The second-order valence-corrected chi connectivity index (χ2v) is 9.85. The van der Waals surface area contributed by atoms with Crippen LogP contribution in [-0.2, 0) is 16.6 Å². The molecule has 4 aromatic carbocycles. The molecule has 0 aromatic heterocycles. The summed E-state index contributed by atoms with van der Waals surface area (Å²) in [6, 6.07) is 29.4. The van der Waals surface area contributed by atoms with Gasteiger partial charge in [-0.3, -0.25) is 0 Å². The first-order valence-electron chi connectivity index (χ1n) is 10.8. The molecule has 0 spiro atoms. The van der Waals surface area contributed by atoms with Crippen molar-refractivity contribution in [1.29, 1.82) is 0 Å². The minimum absolute atomic E-state index is 0.118. The SMILES string of the molecule is COc1ccc(-c2cc(CN=C(N)NS(=O)(=O)c3ccccc3)ccc2-c2ccc(Cl)cc2)cc1. The second kappa shape index (κ2) is 10.6. The van der Waals surface area contributed by atoms with Gasteiger partial charge in [0.15, 0.2) is 0 Å². The zero-order valence-corrected chi connectivity index (χ0v) is 20.6. The fourth-order valence-electron chi connectivity index (χ4n) is 3.59. The monoisotopic (exact) mass is 505 g/mol. The van der Waals surface area contributed by atoms with E-state index in [0.29, 0.717) is 5.02 Å². The van der Waals surface area contributed by atoms with E-state index in [9.17, 15) is 8.42 Å². The summed E-state index contributed by atoms with van der Waals surface area (Å²) in [4.78, 5) is 4.37. The molecular weight excluding hydrogens is 482 g/mol. The highest BCUT2D eigenvalue weighted by atomic mass is 35.5. The van der Waals surface area contributed by atoms with Gasteiger partial charge in [-0.05, 0) is 70.3 Å². The molecule has 0 saturated carbocycles. The van der Waals surface area contributed by atoms with Crippen molar-refractivity contribution in [3.05, 3.63) is 108 Å². The third-order valence-corrected chi connectivity index (χ3v) is 6.99. The Morgan fingerprint density at radius 3 is 2.17 bits per heavy atom. The van der Waals surface area contributed by atoms with Crippen molar-refractivity contribution in [3.63, 3.8) is 0 Å². The molecule has 178 valence electrons. The van der Waals surface area contributed by atoms with Crippen LogP contribution in [0.5, 0.6) is 5.75 Å². The Labute approximate surface area is 210 Å². The number of ether oxygens (including phenoxy) is 1. The van der Waals surface area contributed by atoms with Gasteiger partial charge in [0.25, 0.3) is 10.0 Å². The Morgan fingerprint density at radius 2 is 1.51 bits per heavy atom. The quantitative estimate of drug-likeness (QED) is 0.257. The number of hydrogen-bond acceptors (Lipinski definition) is 4. The summed E-state index contributed by atoms with van der Waals surface area (Å²) in [5, 5.41) is 0.666. The first-order valence-corrected chi connectivity index (χ1v) is 12.6. The summed E-state index contributed by atoms with van der Waals surface area (Å²) in [5.41, 5.74) is 10.8. The maximum Gasteiger partial charge on any atom is 0.264 e. The first-order chi connectivity index (χ1) is 16.9. The van der Waals surface area contributed by atoms with Gasteiger partial charge >= 0.3 is 0 Å². The predicted molar refractivity (Wildman–Crippen MR) is 141 cm³/mol. The number of halogens is 1. The molecule has 0 heterocycles. The molecule has 0 aliphatic carbocycles. The Morgan fingerprint density at radius 1 is 0.886 bits per heavy atom. The van der Waals surface area contributed by atoms with Crippen LogP contribution in [0, 0.1) is 0 Å². The minimum atomic E-state index is -3.80. The van der Waals surface area contributed by atoms with E-state index in [1.165, 1.54) is 12.1 Å². The lowest BCUT2D eigenvalue weighted by Gasteiger charge is -2.13. The molecule has 4 aromatic rings. The maximum absolute atomic E-state index is 12.5. The number of nitrogens with one attached hydrogen (secondary N) is 1. The molecule has 0 aliphatic heterocycles. The fraction of sp³-hybridized carbons (Fsp3) is 0.0741. The number of nitrogens with zero attached hydrogens (tertiary/aromatic N) is 1.